The topological polar surface area (TPSA) is 46.6 Å². The second-order valence-corrected chi connectivity index (χ2v) is 6.81. The van der Waals surface area contributed by atoms with E-state index >= 15 is 0 Å². The van der Waals surface area contributed by atoms with Crippen molar-refractivity contribution >= 4 is 10.0 Å². The zero-order valence-corrected chi connectivity index (χ0v) is 12.5. The predicted octanol–water partition coefficient (Wildman–Crippen LogP) is 2.57. The van der Waals surface area contributed by atoms with Crippen molar-refractivity contribution in [3.63, 3.8) is 0 Å². The van der Waals surface area contributed by atoms with Crippen molar-refractivity contribution in [3.05, 3.63) is 23.8 Å². The summed E-state index contributed by atoms with van der Waals surface area (Å²) in [6.07, 6.45) is 2.78. The fraction of sp³-hybridized carbons (Fsp3) is 0.571. The standard InChI is InChI=1S/C14H21NO3S/c1-4-12-6-5-9-15(12)19(16,17)14-8-7-13(18-3)10-11(14)2/h7-8,10,12H,4-6,9H2,1-3H3. The van der Waals surface area contributed by atoms with E-state index in [0.717, 1.165) is 24.8 Å². The third-order valence-electron chi connectivity index (χ3n) is 3.76. The van der Waals surface area contributed by atoms with Crippen molar-refractivity contribution in [2.45, 2.75) is 44.0 Å². The van der Waals surface area contributed by atoms with Crippen LogP contribution in [-0.2, 0) is 10.0 Å². The molecule has 1 unspecified atom stereocenters. The van der Waals surface area contributed by atoms with Gasteiger partial charge in [-0.15, -0.1) is 0 Å². The van der Waals surface area contributed by atoms with E-state index in [1.165, 1.54) is 0 Å². The van der Waals surface area contributed by atoms with Gasteiger partial charge in [-0.3, -0.25) is 0 Å². The Balaban J connectivity index is 2.39. The molecule has 1 aliphatic heterocycles. The second kappa shape index (κ2) is 5.51. The predicted molar refractivity (Wildman–Crippen MR) is 74.9 cm³/mol. The largest absolute Gasteiger partial charge is 0.497 e. The average molecular weight is 283 g/mol. The molecule has 0 N–H and O–H groups in total. The van der Waals surface area contributed by atoms with E-state index in [1.54, 1.807) is 29.6 Å². The number of benzene rings is 1. The number of aryl methyl sites for hydroxylation is 1. The van der Waals surface area contributed by atoms with Crippen LogP contribution >= 0.6 is 0 Å². The molecule has 106 valence electrons. The zero-order chi connectivity index (χ0) is 14.0. The summed E-state index contributed by atoms with van der Waals surface area (Å²) >= 11 is 0. The minimum atomic E-state index is -3.38. The number of methoxy groups -OCH3 is 1. The third kappa shape index (κ3) is 2.62. The Morgan fingerprint density at radius 3 is 2.74 bits per heavy atom. The van der Waals surface area contributed by atoms with Gasteiger partial charge >= 0.3 is 0 Å². The van der Waals surface area contributed by atoms with Gasteiger partial charge in [0.1, 0.15) is 5.75 Å². The maximum atomic E-state index is 12.7. The van der Waals surface area contributed by atoms with Gasteiger partial charge < -0.3 is 4.74 Å². The van der Waals surface area contributed by atoms with Crippen LogP contribution in [-0.4, -0.2) is 32.4 Å². The number of hydrogen-bond donors (Lipinski definition) is 0. The summed E-state index contributed by atoms with van der Waals surface area (Å²) in [5.74, 6) is 0.685. The normalized spacial score (nSPS) is 20.7. The van der Waals surface area contributed by atoms with Crippen molar-refractivity contribution in [3.8, 4) is 5.75 Å². The van der Waals surface area contributed by atoms with E-state index in [2.05, 4.69) is 0 Å². The molecule has 0 saturated carbocycles. The van der Waals surface area contributed by atoms with E-state index in [0.29, 0.717) is 17.2 Å². The highest BCUT2D eigenvalue weighted by molar-refractivity contribution is 7.89. The molecule has 1 fully saturated rings. The van der Waals surface area contributed by atoms with Gasteiger partial charge in [-0.25, -0.2) is 8.42 Å². The lowest BCUT2D eigenvalue weighted by atomic mass is 10.2. The Bertz CT molecular complexity index is 554. The number of hydrogen-bond acceptors (Lipinski definition) is 3. The molecule has 0 aromatic heterocycles. The van der Waals surface area contributed by atoms with Crippen molar-refractivity contribution < 1.29 is 13.2 Å². The highest BCUT2D eigenvalue weighted by atomic mass is 32.2. The lowest BCUT2D eigenvalue weighted by Crippen LogP contribution is -2.35. The van der Waals surface area contributed by atoms with Crippen molar-refractivity contribution in [2.24, 2.45) is 0 Å². The first-order valence-electron chi connectivity index (χ1n) is 6.67. The Kier molecular flexibility index (Phi) is 4.16. The van der Waals surface area contributed by atoms with Gasteiger partial charge in [0.2, 0.25) is 10.0 Å². The minimum absolute atomic E-state index is 0.145. The van der Waals surface area contributed by atoms with Crippen molar-refractivity contribution in [1.29, 1.82) is 0 Å². The Labute approximate surface area is 115 Å². The van der Waals surface area contributed by atoms with Crippen molar-refractivity contribution in [1.82, 2.24) is 4.31 Å². The maximum absolute atomic E-state index is 12.7. The number of nitrogens with zero attached hydrogens (tertiary/aromatic N) is 1. The molecule has 0 spiro atoms. The molecule has 1 heterocycles. The van der Waals surface area contributed by atoms with Crippen LogP contribution in [0.15, 0.2) is 23.1 Å². The third-order valence-corrected chi connectivity index (χ3v) is 5.88. The molecule has 1 aliphatic rings. The second-order valence-electron chi connectivity index (χ2n) is 4.95. The Hall–Kier alpha value is -1.07. The van der Waals surface area contributed by atoms with Gasteiger partial charge in [0.15, 0.2) is 0 Å². The SMILES string of the molecule is CCC1CCCN1S(=O)(=O)c1ccc(OC)cc1C. The molecule has 1 aromatic carbocycles. The summed E-state index contributed by atoms with van der Waals surface area (Å²) in [4.78, 5) is 0.397. The van der Waals surface area contributed by atoms with E-state index in [9.17, 15) is 8.42 Å². The molecule has 0 radical (unpaired) electrons. The van der Waals surface area contributed by atoms with Gasteiger partial charge in [0, 0.05) is 12.6 Å². The summed E-state index contributed by atoms with van der Waals surface area (Å²) in [5, 5.41) is 0. The van der Waals surface area contributed by atoms with Crippen LogP contribution < -0.4 is 4.74 Å². The van der Waals surface area contributed by atoms with E-state index in [1.807, 2.05) is 13.8 Å². The summed E-state index contributed by atoms with van der Waals surface area (Å²) in [5.41, 5.74) is 0.737. The first-order valence-corrected chi connectivity index (χ1v) is 8.11. The summed E-state index contributed by atoms with van der Waals surface area (Å²) < 4.78 is 32.2. The molecule has 1 atom stereocenters. The van der Waals surface area contributed by atoms with Crippen LogP contribution in [0.4, 0.5) is 0 Å². The fourth-order valence-corrected chi connectivity index (χ4v) is 4.67. The van der Waals surface area contributed by atoms with Gasteiger partial charge in [-0.1, -0.05) is 6.92 Å². The summed E-state index contributed by atoms with van der Waals surface area (Å²) in [6.45, 7) is 4.48. The lowest BCUT2D eigenvalue weighted by Gasteiger charge is -2.24. The van der Waals surface area contributed by atoms with Crippen LogP contribution in [0.5, 0.6) is 5.75 Å². The first kappa shape index (κ1) is 14.3. The summed E-state index contributed by atoms with van der Waals surface area (Å²) in [7, 11) is -1.80. The molecule has 0 amide bonds. The van der Waals surface area contributed by atoms with Gasteiger partial charge in [-0.05, 0) is 49.9 Å². The molecule has 5 heteroatoms. The molecule has 19 heavy (non-hydrogen) atoms. The molecular formula is C14H21NO3S. The average Bonchev–Trinajstić information content (AvgIpc) is 2.87. The summed E-state index contributed by atoms with van der Waals surface area (Å²) in [6, 6.07) is 5.27. The Morgan fingerprint density at radius 1 is 1.42 bits per heavy atom. The molecule has 0 aliphatic carbocycles. The lowest BCUT2D eigenvalue weighted by molar-refractivity contribution is 0.379. The molecule has 1 aromatic rings. The molecule has 4 nitrogen and oxygen atoms in total. The van der Waals surface area contributed by atoms with E-state index in [-0.39, 0.29) is 6.04 Å². The fourth-order valence-electron chi connectivity index (χ4n) is 2.70. The molecule has 1 saturated heterocycles. The van der Waals surface area contributed by atoms with Gasteiger partial charge in [0.25, 0.3) is 0 Å². The van der Waals surface area contributed by atoms with Gasteiger partial charge in [-0.2, -0.15) is 4.31 Å². The minimum Gasteiger partial charge on any atom is -0.497 e. The highest BCUT2D eigenvalue weighted by Gasteiger charge is 2.34. The zero-order valence-electron chi connectivity index (χ0n) is 11.7. The number of rotatable bonds is 4. The maximum Gasteiger partial charge on any atom is 0.243 e. The Morgan fingerprint density at radius 2 is 2.16 bits per heavy atom. The van der Waals surface area contributed by atoms with E-state index < -0.39 is 10.0 Å². The monoisotopic (exact) mass is 283 g/mol. The van der Waals surface area contributed by atoms with Crippen molar-refractivity contribution in [2.75, 3.05) is 13.7 Å². The van der Waals surface area contributed by atoms with Crippen LogP contribution in [0.3, 0.4) is 0 Å². The first-order chi connectivity index (χ1) is 9.00. The van der Waals surface area contributed by atoms with Crippen LogP contribution in [0.2, 0.25) is 0 Å². The number of ether oxygens (including phenoxy) is 1. The smallest absolute Gasteiger partial charge is 0.243 e. The molecule has 2 rings (SSSR count). The van der Waals surface area contributed by atoms with Crippen LogP contribution in [0.25, 0.3) is 0 Å². The van der Waals surface area contributed by atoms with Crippen LogP contribution in [0.1, 0.15) is 31.7 Å². The van der Waals surface area contributed by atoms with Crippen LogP contribution in [0, 0.1) is 6.92 Å². The number of sulfonamides is 1. The molecule has 0 bridgehead atoms. The van der Waals surface area contributed by atoms with Gasteiger partial charge in [0.05, 0.1) is 12.0 Å². The quantitative estimate of drug-likeness (QED) is 0.853. The highest BCUT2D eigenvalue weighted by Crippen LogP contribution is 2.30. The molecular weight excluding hydrogens is 262 g/mol. The van der Waals surface area contributed by atoms with E-state index in [4.69, 9.17) is 4.74 Å².